The van der Waals surface area contributed by atoms with Crippen molar-refractivity contribution in [1.29, 1.82) is 0 Å². The molecular formula is C8H9N3O3S. The van der Waals surface area contributed by atoms with Crippen molar-refractivity contribution >= 4 is 21.1 Å². The van der Waals surface area contributed by atoms with Crippen molar-refractivity contribution in [2.45, 2.75) is 4.90 Å². The molecule has 0 fully saturated rings. The quantitative estimate of drug-likeness (QED) is 0.688. The van der Waals surface area contributed by atoms with E-state index in [1.807, 2.05) is 0 Å². The fourth-order valence-electron chi connectivity index (χ4n) is 1.39. The Morgan fingerprint density at radius 2 is 2.07 bits per heavy atom. The van der Waals surface area contributed by atoms with E-state index in [1.165, 1.54) is 22.8 Å². The van der Waals surface area contributed by atoms with Crippen LogP contribution in [0, 0.1) is 0 Å². The van der Waals surface area contributed by atoms with Crippen LogP contribution in [-0.4, -0.2) is 18.0 Å². The number of nitrogens with one attached hydrogen (secondary N) is 1. The third kappa shape index (κ3) is 1.55. The van der Waals surface area contributed by atoms with E-state index in [2.05, 4.69) is 4.98 Å². The predicted octanol–water partition coefficient (Wildman–Crippen LogP) is -0.486. The van der Waals surface area contributed by atoms with Crippen molar-refractivity contribution in [3.05, 3.63) is 28.7 Å². The van der Waals surface area contributed by atoms with Gasteiger partial charge in [0, 0.05) is 7.05 Å². The highest BCUT2D eigenvalue weighted by atomic mass is 32.2. The van der Waals surface area contributed by atoms with Gasteiger partial charge in [0.25, 0.3) is 0 Å². The van der Waals surface area contributed by atoms with Crippen LogP contribution in [0.3, 0.4) is 0 Å². The summed E-state index contributed by atoms with van der Waals surface area (Å²) in [4.78, 5) is 13.7. The first-order chi connectivity index (χ1) is 6.89. The van der Waals surface area contributed by atoms with E-state index in [0.717, 1.165) is 0 Å². The van der Waals surface area contributed by atoms with Gasteiger partial charge in [-0.3, -0.25) is 4.57 Å². The van der Waals surface area contributed by atoms with Crippen LogP contribution < -0.4 is 10.8 Å². The highest BCUT2D eigenvalue weighted by molar-refractivity contribution is 7.89. The molecule has 6 nitrogen and oxygen atoms in total. The summed E-state index contributed by atoms with van der Waals surface area (Å²) < 4.78 is 23.5. The second kappa shape index (κ2) is 2.94. The maximum Gasteiger partial charge on any atom is 0.326 e. The minimum atomic E-state index is -3.73. The molecule has 0 aliphatic heterocycles. The molecule has 0 aliphatic carbocycles. The number of imidazole rings is 1. The van der Waals surface area contributed by atoms with Crippen molar-refractivity contribution in [2.75, 3.05) is 0 Å². The number of primary sulfonamides is 1. The summed E-state index contributed by atoms with van der Waals surface area (Å²) in [6.45, 7) is 0. The van der Waals surface area contributed by atoms with Crippen LogP contribution >= 0.6 is 0 Å². The SMILES string of the molecule is Cn1c(=O)[nH]c2cc(S(N)(=O)=O)ccc21. The number of nitrogens with zero attached hydrogens (tertiary/aromatic N) is 1. The van der Waals surface area contributed by atoms with E-state index in [4.69, 9.17) is 5.14 Å². The zero-order valence-electron chi connectivity index (χ0n) is 7.89. The Morgan fingerprint density at radius 1 is 1.40 bits per heavy atom. The molecule has 0 radical (unpaired) electrons. The van der Waals surface area contributed by atoms with Gasteiger partial charge in [0.05, 0.1) is 15.9 Å². The molecule has 0 bridgehead atoms. The fraction of sp³-hybridized carbons (Fsp3) is 0.125. The lowest BCUT2D eigenvalue weighted by atomic mass is 10.3. The van der Waals surface area contributed by atoms with Crippen molar-refractivity contribution in [3.63, 3.8) is 0 Å². The summed E-state index contributed by atoms with van der Waals surface area (Å²) in [5, 5.41) is 4.97. The fourth-order valence-corrected chi connectivity index (χ4v) is 1.93. The van der Waals surface area contributed by atoms with Gasteiger partial charge in [-0.2, -0.15) is 0 Å². The van der Waals surface area contributed by atoms with E-state index >= 15 is 0 Å². The normalized spacial score (nSPS) is 12.1. The van der Waals surface area contributed by atoms with E-state index in [9.17, 15) is 13.2 Å². The number of rotatable bonds is 1. The molecule has 0 spiro atoms. The topological polar surface area (TPSA) is 97.9 Å². The maximum atomic E-state index is 11.2. The molecule has 0 saturated carbocycles. The molecule has 15 heavy (non-hydrogen) atoms. The molecule has 7 heteroatoms. The molecule has 0 saturated heterocycles. The molecule has 1 heterocycles. The van der Waals surface area contributed by atoms with Gasteiger partial charge in [-0.15, -0.1) is 0 Å². The Bertz CT molecular complexity index is 681. The maximum absolute atomic E-state index is 11.2. The van der Waals surface area contributed by atoms with Crippen LogP contribution in [0.1, 0.15) is 0 Å². The summed E-state index contributed by atoms with van der Waals surface area (Å²) in [7, 11) is -2.13. The van der Waals surface area contributed by atoms with Crippen molar-refractivity contribution in [2.24, 2.45) is 12.2 Å². The van der Waals surface area contributed by atoms with E-state index in [-0.39, 0.29) is 10.6 Å². The Labute approximate surface area is 85.4 Å². The monoisotopic (exact) mass is 227 g/mol. The molecule has 3 N–H and O–H groups in total. The van der Waals surface area contributed by atoms with Gasteiger partial charge in [0.15, 0.2) is 0 Å². The number of hydrogen-bond donors (Lipinski definition) is 2. The first-order valence-electron chi connectivity index (χ1n) is 4.11. The first-order valence-corrected chi connectivity index (χ1v) is 5.66. The molecule has 0 amide bonds. The number of aryl methyl sites for hydroxylation is 1. The van der Waals surface area contributed by atoms with E-state index in [0.29, 0.717) is 11.0 Å². The van der Waals surface area contributed by atoms with Crippen LogP contribution in [0.2, 0.25) is 0 Å². The Kier molecular flexibility index (Phi) is 1.95. The highest BCUT2D eigenvalue weighted by Crippen LogP contribution is 2.14. The molecule has 1 aromatic heterocycles. The van der Waals surface area contributed by atoms with Crippen LogP contribution in [0.4, 0.5) is 0 Å². The predicted molar refractivity (Wildman–Crippen MR) is 54.9 cm³/mol. The number of benzene rings is 1. The number of sulfonamides is 1. The summed E-state index contributed by atoms with van der Waals surface area (Å²) in [6, 6.07) is 4.24. The summed E-state index contributed by atoms with van der Waals surface area (Å²) >= 11 is 0. The molecule has 2 aromatic rings. The summed E-state index contributed by atoms with van der Waals surface area (Å²) in [5.41, 5.74) is 0.790. The number of H-pyrrole nitrogens is 1. The number of hydrogen-bond acceptors (Lipinski definition) is 3. The molecule has 1 aromatic carbocycles. The van der Waals surface area contributed by atoms with E-state index in [1.54, 1.807) is 7.05 Å². The second-order valence-electron chi connectivity index (χ2n) is 3.21. The van der Waals surface area contributed by atoms with Gasteiger partial charge < -0.3 is 4.98 Å². The largest absolute Gasteiger partial charge is 0.326 e. The molecular weight excluding hydrogens is 218 g/mol. The van der Waals surface area contributed by atoms with E-state index < -0.39 is 10.0 Å². The minimum absolute atomic E-state index is 0.0168. The molecule has 2 rings (SSSR count). The zero-order chi connectivity index (χ0) is 11.2. The van der Waals surface area contributed by atoms with Crippen LogP contribution in [-0.2, 0) is 17.1 Å². The number of fused-ring (bicyclic) bond motifs is 1. The van der Waals surface area contributed by atoms with Crippen molar-refractivity contribution in [3.8, 4) is 0 Å². The minimum Gasteiger partial charge on any atom is -0.306 e. The lowest BCUT2D eigenvalue weighted by Crippen LogP contribution is -2.12. The zero-order valence-corrected chi connectivity index (χ0v) is 8.71. The first kappa shape index (κ1) is 9.94. The smallest absolute Gasteiger partial charge is 0.306 e. The average Bonchev–Trinajstić information content (AvgIpc) is 2.41. The molecule has 80 valence electrons. The van der Waals surface area contributed by atoms with Crippen molar-refractivity contribution in [1.82, 2.24) is 9.55 Å². The van der Waals surface area contributed by atoms with Gasteiger partial charge in [-0.1, -0.05) is 0 Å². The third-order valence-corrected chi connectivity index (χ3v) is 3.12. The number of aromatic amines is 1. The Hall–Kier alpha value is -1.60. The van der Waals surface area contributed by atoms with Crippen LogP contribution in [0.5, 0.6) is 0 Å². The molecule has 0 unspecified atom stereocenters. The summed E-state index contributed by atoms with van der Waals surface area (Å²) in [5.74, 6) is 0. The highest BCUT2D eigenvalue weighted by Gasteiger charge is 2.10. The lowest BCUT2D eigenvalue weighted by Gasteiger charge is -1.98. The molecule has 0 atom stereocenters. The van der Waals surface area contributed by atoms with Gasteiger partial charge in [0.2, 0.25) is 10.0 Å². The molecule has 0 aliphatic rings. The van der Waals surface area contributed by atoms with Gasteiger partial charge in [0.1, 0.15) is 0 Å². The van der Waals surface area contributed by atoms with Gasteiger partial charge in [-0.05, 0) is 18.2 Å². The Balaban J connectivity index is 2.84. The van der Waals surface area contributed by atoms with Gasteiger partial charge in [-0.25, -0.2) is 18.4 Å². The average molecular weight is 227 g/mol. The van der Waals surface area contributed by atoms with Gasteiger partial charge >= 0.3 is 5.69 Å². The van der Waals surface area contributed by atoms with Crippen LogP contribution in [0.25, 0.3) is 11.0 Å². The van der Waals surface area contributed by atoms with Crippen LogP contribution in [0.15, 0.2) is 27.9 Å². The number of aromatic nitrogens is 2. The lowest BCUT2D eigenvalue weighted by molar-refractivity contribution is 0.598. The second-order valence-corrected chi connectivity index (χ2v) is 4.77. The standard InChI is InChI=1S/C8H9N3O3S/c1-11-7-3-2-5(15(9,13)14)4-6(7)10-8(11)12/h2-4H,1H3,(H,10,12)(H2,9,13,14). The third-order valence-electron chi connectivity index (χ3n) is 2.20. The number of nitrogens with two attached hydrogens (primary N) is 1. The van der Waals surface area contributed by atoms with Crippen molar-refractivity contribution < 1.29 is 8.42 Å². The Morgan fingerprint density at radius 3 is 2.67 bits per heavy atom. The summed E-state index contributed by atoms with van der Waals surface area (Å²) in [6.07, 6.45) is 0.